The molecule has 24 heavy (non-hydrogen) atoms. The Morgan fingerprint density at radius 1 is 1.21 bits per heavy atom. The third-order valence-electron chi connectivity index (χ3n) is 3.53. The van der Waals surface area contributed by atoms with E-state index in [1.165, 1.54) is 12.1 Å². The molecule has 0 aliphatic rings. The first-order valence-electron chi connectivity index (χ1n) is 7.38. The standard InChI is InChI=1S/C17H20N2O4S/c1-12(16-9-6-14(23-2)11-18-16)19-17(20)10-13-4-7-15(8-5-13)24(3,21)22/h4-9,11-12H,10H2,1-3H3,(H,19,20)/t12-/m1/s1. The number of sulfone groups is 1. The van der Waals surface area contributed by atoms with Crippen LogP contribution >= 0.6 is 0 Å². The molecule has 2 rings (SSSR count). The molecule has 6 nitrogen and oxygen atoms in total. The van der Waals surface area contributed by atoms with Crippen molar-refractivity contribution in [1.29, 1.82) is 0 Å². The van der Waals surface area contributed by atoms with Crippen LogP contribution in [0.15, 0.2) is 47.5 Å². The summed E-state index contributed by atoms with van der Waals surface area (Å²) in [5.41, 5.74) is 1.48. The number of nitrogens with zero attached hydrogens (tertiary/aromatic N) is 1. The van der Waals surface area contributed by atoms with Gasteiger partial charge in [-0.2, -0.15) is 0 Å². The number of nitrogens with one attached hydrogen (secondary N) is 1. The summed E-state index contributed by atoms with van der Waals surface area (Å²) >= 11 is 0. The zero-order chi connectivity index (χ0) is 17.7. The van der Waals surface area contributed by atoms with Crippen LogP contribution in [0.5, 0.6) is 5.75 Å². The number of carbonyl (C=O) groups excluding carboxylic acids is 1. The Morgan fingerprint density at radius 3 is 2.38 bits per heavy atom. The molecule has 1 amide bonds. The van der Waals surface area contributed by atoms with Crippen molar-refractivity contribution in [3.05, 3.63) is 53.9 Å². The van der Waals surface area contributed by atoms with Gasteiger partial charge in [0, 0.05) is 6.26 Å². The van der Waals surface area contributed by atoms with Crippen LogP contribution in [0, 0.1) is 0 Å². The fourth-order valence-corrected chi connectivity index (χ4v) is 2.81. The lowest BCUT2D eigenvalue weighted by molar-refractivity contribution is -0.121. The Morgan fingerprint density at radius 2 is 1.88 bits per heavy atom. The molecule has 128 valence electrons. The Bertz CT molecular complexity index is 799. The number of ether oxygens (including phenoxy) is 1. The summed E-state index contributed by atoms with van der Waals surface area (Å²) in [6.45, 7) is 1.85. The molecule has 0 saturated carbocycles. The highest BCUT2D eigenvalue weighted by Crippen LogP contribution is 2.15. The minimum absolute atomic E-state index is 0.160. The molecule has 0 unspecified atom stereocenters. The zero-order valence-electron chi connectivity index (χ0n) is 13.8. The van der Waals surface area contributed by atoms with Gasteiger partial charge in [-0.15, -0.1) is 0 Å². The van der Waals surface area contributed by atoms with Crippen molar-refractivity contribution in [2.24, 2.45) is 0 Å². The van der Waals surface area contributed by atoms with E-state index in [0.717, 1.165) is 17.5 Å². The predicted octanol–water partition coefficient (Wildman–Crippen LogP) is 1.91. The van der Waals surface area contributed by atoms with Crippen LogP contribution in [0.1, 0.15) is 24.2 Å². The second kappa shape index (κ2) is 7.44. The summed E-state index contributed by atoms with van der Waals surface area (Å²) in [4.78, 5) is 16.6. The van der Waals surface area contributed by atoms with E-state index in [1.54, 1.807) is 37.6 Å². The summed E-state index contributed by atoms with van der Waals surface area (Å²) in [5, 5.41) is 2.87. The van der Waals surface area contributed by atoms with E-state index in [4.69, 9.17) is 4.74 Å². The largest absolute Gasteiger partial charge is 0.495 e. The highest BCUT2D eigenvalue weighted by molar-refractivity contribution is 7.90. The lowest BCUT2D eigenvalue weighted by atomic mass is 10.1. The molecule has 1 aromatic carbocycles. The average molecular weight is 348 g/mol. The number of methoxy groups -OCH3 is 1. The minimum atomic E-state index is -3.23. The second-order valence-corrected chi connectivity index (χ2v) is 7.52. The monoisotopic (exact) mass is 348 g/mol. The van der Waals surface area contributed by atoms with Crippen LogP contribution in [-0.4, -0.2) is 32.7 Å². The number of hydrogen-bond acceptors (Lipinski definition) is 5. The van der Waals surface area contributed by atoms with Crippen LogP contribution in [0.25, 0.3) is 0 Å². The van der Waals surface area contributed by atoms with Gasteiger partial charge in [0.15, 0.2) is 9.84 Å². The van der Waals surface area contributed by atoms with Crippen LogP contribution in [0.3, 0.4) is 0 Å². The van der Waals surface area contributed by atoms with E-state index in [1.807, 2.05) is 6.92 Å². The van der Waals surface area contributed by atoms with E-state index in [2.05, 4.69) is 10.3 Å². The van der Waals surface area contributed by atoms with E-state index < -0.39 is 9.84 Å². The molecule has 1 aromatic heterocycles. The van der Waals surface area contributed by atoms with Crippen molar-refractivity contribution >= 4 is 15.7 Å². The third kappa shape index (κ3) is 4.79. The zero-order valence-corrected chi connectivity index (χ0v) is 14.6. The van der Waals surface area contributed by atoms with Gasteiger partial charge in [-0.1, -0.05) is 12.1 Å². The van der Waals surface area contributed by atoms with E-state index in [0.29, 0.717) is 5.75 Å². The molecule has 0 spiro atoms. The van der Waals surface area contributed by atoms with Crippen molar-refractivity contribution in [3.63, 3.8) is 0 Å². The molecule has 7 heteroatoms. The van der Waals surface area contributed by atoms with Crippen molar-refractivity contribution in [2.75, 3.05) is 13.4 Å². The molecule has 1 atom stereocenters. The number of amides is 1. The number of rotatable bonds is 6. The topological polar surface area (TPSA) is 85.4 Å². The third-order valence-corrected chi connectivity index (χ3v) is 4.66. The highest BCUT2D eigenvalue weighted by Gasteiger charge is 2.12. The van der Waals surface area contributed by atoms with E-state index >= 15 is 0 Å². The minimum Gasteiger partial charge on any atom is -0.495 e. The number of benzene rings is 1. The molecule has 1 N–H and O–H groups in total. The smallest absolute Gasteiger partial charge is 0.224 e. The van der Waals surface area contributed by atoms with Gasteiger partial charge in [-0.3, -0.25) is 9.78 Å². The van der Waals surface area contributed by atoms with Crippen molar-refractivity contribution < 1.29 is 17.9 Å². The lowest BCUT2D eigenvalue weighted by Gasteiger charge is -2.14. The Balaban J connectivity index is 1.96. The van der Waals surface area contributed by atoms with Gasteiger partial charge >= 0.3 is 0 Å². The normalized spacial score (nSPS) is 12.5. The molecule has 0 aliphatic heterocycles. The second-order valence-electron chi connectivity index (χ2n) is 5.50. The number of aromatic nitrogens is 1. The Hall–Kier alpha value is -2.41. The quantitative estimate of drug-likeness (QED) is 0.862. The first-order chi connectivity index (χ1) is 11.3. The van der Waals surface area contributed by atoms with E-state index in [-0.39, 0.29) is 23.3 Å². The van der Waals surface area contributed by atoms with E-state index in [9.17, 15) is 13.2 Å². The van der Waals surface area contributed by atoms with Gasteiger partial charge in [0.1, 0.15) is 5.75 Å². The highest BCUT2D eigenvalue weighted by atomic mass is 32.2. The fourth-order valence-electron chi connectivity index (χ4n) is 2.17. The molecule has 2 aromatic rings. The Labute approximate surface area is 141 Å². The number of carbonyl (C=O) groups is 1. The van der Waals surface area contributed by atoms with Gasteiger partial charge in [0.2, 0.25) is 5.91 Å². The van der Waals surface area contributed by atoms with Crippen LogP contribution < -0.4 is 10.1 Å². The average Bonchev–Trinajstić information content (AvgIpc) is 2.54. The van der Waals surface area contributed by atoms with Gasteiger partial charge in [0.25, 0.3) is 0 Å². The van der Waals surface area contributed by atoms with Crippen LogP contribution in [0.4, 0.5) is 0 Å². The molecular weight excluding hydrogens is 328 g/mol. The van der Waals surface area contributed by atoms with Gasteiger partial charge < -0.3 is 10.1 Å². The van der Waals surface area contributed by atoms with Crippen molar-refractivity contribution in [2.45, 2.75) is 24.3 Å². The van der Waals surface area contributed by atoms with Gasteiger partial charge in [-0.05, 0) is 36.8 Å². The molecule has 0 bridgehead atoms. The first kappa shape index (κ1) is 17.9. The van der Waals surface area contributed by atoms with Crippen molar-refractivity contribution in [3.8, 4) is 5.75 Å². The molecule has 0 saturated heterocycles. The van der Waals surface area contributed by atoms with Gasteiger partial charge in [0.05, 0.1) is 36.4 Å². The van der Waals surface area contributed by atoms with Crippen LogP contribution in [-0.2, 0) is 21.1 Å². The predicted molar refractivity (Wildman–Crippen MR) is 90.6 cm³/mol. The van der Waals surface area contributed by atoms with Crippen LogP contribution in [0.2, 0.25) is 0 Å². The maximum atomic E-state index is 12.1. The summed E-state index contributed by atoms with van der Waals surface area (Å²) < 4.78 is 27.9. The number of pyridine rings is 1. The Kier molecular flexibility index (Phi) is 5.56. The summed E-state index contributed by atoms with van der Waals surface area (Å²) in [7, 11) is -1.66. The lowest BCUT2D eigenvalue weighted by Crippen LogP contribution is -2.28. The fraction of sp³-hybridized carbons (Fsp3) is 0.294. The number of hydrogen-bond donors (Lipinski definition) is 1. The molecule has 0 radical (unpaired) electrons. The molecule has 0 aliphatic carbocycles. The first-order valence-corrected chi connectivity index (χ1v) is 9.27. The van der Waals surface area contributed by atoms with Crippen molar-refractivity contribution in [1.82, 2.24) is 10.3 Å². The molecule has 0 fully saturated rings. The SMILES string of the molecule is COc1ccc([C@@H](C)NC(=O)Cc2ccc(S(C)(=O)=O)cc2)nc1. The summed E-state index contributed by atoms with van der Waals surface area (Å²) in [6, 6.07) is 9.65. The summed E-state index contributed by atoms with van der Waals surface area (Å²) in [6.07, 6.45) is 2.92. The molecule has 1 heterocycles. The molecular formula is C17H20N2O4S. The maximum Gasteiger partial charge on any atom is 0.224 e. The van der Waals surface area contributed by atoms with Gasteiger partial charge in [-0.25, -0.2) is 8.42 Å². The summed E-state index contributed by atoms with van der Waals surface area (Å²) in [5.74, 6) is 0.496. The maximum absolute atomic E-state index is 12.1.